The third kappa shape index (κ3) is 3.36. The van der Waals surface area contributed by atoms with Gasteiger partial charge in [-0.15, -0.1) is 0 Å². The normalized spacial score (nSPS) is 31.4. The van der Waals surface area contributed by atoms with E-state index < -0.39 is 17.3 Å². The number of nitrogens with one attached hydrogen (secondary N) is 2. The molecule has 4 aliphatic rings. The molecule has 30 heavy (non-hydrogen) atoms. The topological polar surface area (TPSA) is 84.0 Å². The highest BCUT2D eigenvalue weighted by Crippen LogP contribution is 2.57. The lowest BCUT2D eigenvalue weighted by Crippen LogP contribution is -2.70. The standard InChI is InChI=1S/C23H25FN4O2/c1-14-4-2-6-18(26-14)20(29)27-22-9-15-8-16(10-22)12-23(11-15,13-22)28-21(30)19-17(24)5-3-7-25-19/h2-7,15-16H,8-13H2,1H3,(H,27,29)(H,28,30). The van der Waals surface area contributed by atoms with Gasteiger partial charge in [0.1, 0.15) is 5.69 Å². The Morgan fingerprint density at radius 3 is 2.30 bits per heavy atom. The van der Waals surface area contributed by atoms with Crippen molar-refractivity contribution in [2.45, 2.75) is 56.5 Å². The van der Waals surface area contributed by atoms with Crippen LogP contribution in [-0.2, 0) is 0 Å². The maximum atomic E-state index is 14.1. The van der Waals surface area contributed by atoms with E-state index in [1.54, 1.807) is 6.07 Å². The van der Waals surface area contributed by atoms with E-state index in [0.29, 0.717) is 24.0 Å². The number of carbonyl (C=O) groups is 2. The van der Waals surface area contributed by atoms with Crippen molar-refractivity contribution in [1.82, 2.24) is 20.6 Å². The molecule has 6 rings (SSSR count). The SMILES string of the molecule is Cc1cccc(C(=O)NC23CC4CC(C2)CC(NC(=O)c2ncccc2F)(C4)C3)n1. The Bertz CT molecular complexity index is 1010. The van der Waals surface area contributed by atoms with Gasteiger partial charge in [0.15, 0.2) is 11.5 Å². The third-order valence-electron chi connectivity index (χ3n) is 6.91. The Hall–Kier alpha value is -2.83. The number of rotatable bonds is 4. The van der Waals surface area contributed by atoms with Gasteiger partial charge in [-0.05, 0) is 81.5 Å². The molecular formula is C23H25FN4O2. The van der Waals surface area contributed by atoms with Crippen LogP contribution in [0.25, 0.3) is 0 Å². The van der Waals surface area contributed by atoms with Gasteiger partial charge in [0.2, 0.25) is 0 Å². The predicted molar refractivity (Wildman–Crippen MR) is 108 cm³/mol. The van der Waals surface area contributed by atoms with Crippen molar-refractivity contribution in [1.29, 1.82) is 0 Å². The molecule has 4 fully saturated rings. The van der Waals surface area contributed by atoms with Crippen molar-refractivity contribution in [3.05, 3.63) is 59.4 Å². The lowest BCUT2D eigenvalue weighted by atomic mass is 9.49. The van der Waals surface area contributed by atoms with E-state index in [2.05, 4.69) is 20.6 Å². The molecule has 4 bridgehead atoms. The van der Waals surface area contributed by atoms with Crippen LogP contribution < -0.4 is 10.6 Å². The van der Waals surface area contributed by atoms with Gasteiger partial charge in [0.05, 0.1) is 0 Å². The zero-order valence-electron chi connectivity index (χ0n) is 17.0. The Labute approximate surface area is 174 Å². The molecular weight excluding hydrogens is 383 g/mol. The van der Waals surface area contributed by atoms with Gasteiger partial charge >= 0.3 is 0 Å². The first-order valence-corrected chi connectivity index (χ1v) is 10.5. The summed E-state index contributed by atoms with van der Waals surface area (Å²) in [7, 11) is 0. The lowest BCUT2D eigenvalue weighted by molar-refractivity contribution is -0.0449. The van der Waals surface area contributed by atoms with Gasteiger partial charge in [-0.2, -0.15) is 0 Å². The Kier molecular flexibility index (Phi) is 4.38. The van der Waals surface area contributed by atoms with Crippen LogP contribution in [0.2, 0.25) is 0 Å². The molecule has 0 radical (unpaired) electrons. The molecule has 2 unspecified atom stereocenters. The van der Waals surface area contributed by atoms with E-state index in [-0.39, 0.29) is 17.1 Å². The molecule has 156 valence electrons. The fourth-order valence-corrected chi connectivity index (χ4v) is 6.38. The van der Waals surface area contributed by atoms with Gasteiger partial charge < -0.3 is 10.6 Å². The zero-order chi connectivity index (χ0) is 20.9. The smallest absolute Gasteiger partial charge is 0.273 e. The van der Waals surface area contributed by atoms with Crippen molar-refractivity contribution in [3.8, 4) is 0 Å². The second-order valence-electron chi connectivity index (χ2n) is 9.43. The molecule has 2 heterocycles. The Balaban J connectivity index is 1.39. The zero-order valence-corrected chi connectivity index (χ0v) is 17.0. The number of carbonyl (C=O) groups excluding carboxylic acids is 2. The maximum Gasteiger partial charge on any atom is 0.273 e. The summed E-state index contributed by atoms with van der Waals surface area (Å²) in [5.41, 5.74) is 0.255. The molecule has 7 heteroatoms. The first kappa shape index (κ1) is 19.2. The summed E-state index contributed by atoms with van der Waals surface area (Å²) in [6.45, 7) is 1.86. The average molecular weight is 408 g/mol. The van der Waals surface area contributed by atoms with Gasteiger partial charge in [0, 0.05) is 23.0 Å². The summed E-state index contributed by atoms with van der Waals surface area (Å²) in [4.78, 5) is 34.1. The van der Waals surface area contributed by atoms with E-state index >= 15 is 0 Å². The summed E-state index contributed by atoms with van der Waals surface area (Å²) in [5.74, 6) is -0.389. The second-order valence-corrected chi connectivity index (χ2v) is 9.43. The monoisotopic (exact) mass is 408 g/mol. The molecule has 2 N–H and O–H groups in total. The highest BCUT2D eigenvalue weighted by Gasteiger charge is 2.59. The highest BCUT2D eigenvalue weighted by molar-refractivity contribution is 5.94. The number of halogens is 1. The van der Waals surface area contributed by atoms with E-state index in [1.165, 1.54) is 18.3 Å². The summed E-state index contributed by atoms with van der Waals surface area (Å²) < 4.78 is 14.1. The van der Waals surface area contributed by atoms with Crippen molar-refractivity contribution >= 4 is 11.8 Å². The highest BCUT2D eigenvalue weighted by atomic mass is 19.1. The molecule has 2 aromatic heterocycles. The third-order valence-corrected chi connectivity index (χ3v) is 6.91. The molecule has 6 nitrogen and oxygen atoms in total. The molecule has 0 saturated heterocycles. The largest absolute Gasteiger partial charge is 0.345 e. The predicted octanol–water partition coefficient (Wildman–Crippen LogP) is 3.18. The fraction of sp³-hybridized carbons (Fsp3) is 0.478. The number of amides is 2. The Morgan fingerprint density at radius 2 is 1.67 bits per heavy atom. The molecule has 2 atom stereocenters. The second kappa shape index (κ2) is 6.86. The molecule has 4 aliphatic carbocycles. The molecule has 0 spiro atoms. The summed E-state index contributed by atoms with van der Waals surface area (Å²) in [5, 5.41) is 6.40. The number of hydrogen-bond donors (Lipinski definition) is 2. The van der Waals surface area contributed by atoms with E-state index in [0.717, 1.165) is 37.8 Å². The average Bonchev–Trinajstić information content (AvgIpc) is 2.66. The van der Waals surface area contributed by atoms with Gasteiger partial charge in [-0.1, -0.05) is 6.07 Å². The van der Waals surface area contributed by atoms with Crippen LogP contribution in [0.3, 0.4) is 0 Å². The lowest BCUT2D eigenvalue weighted by Gasteiger charge is -2.62. The quantitative estimate of drug-likeness (QED) is 0.814. The van der Waals surface area contributed by atoms with Crippen LogP contribution in [0.15, 0.2) is 36.5 Å². The summed E-state index contributed by atoms with van der Waals surface area (Å²) in [6, 6.07) is 8.14. The number of pyridine rings is 2. The number of hydrogen-bond acceptors (Lipinski definition) is 4. The van der Waals surface area contributed by atoms with Gasteiger partial charge in [0.25, 0.3) is 11.8 Å². The molecule has 0 aromatic carbocycles. The molecule has 2 amide bonds. The van der Waals surface area contributed by atoms with Crippen molar-refractivity contribution in [3.63, 3.8) is 0 Å². The first-order valence-electron chi connectivity index (χ1n) is 10.5. The van der Waals surface area contributed by atoms with Crippen molar-refractivity contribution < 1.29 is 14.0 Å². The molecule has 2 aromatic rings. The molecule has 4 saturated carbocycles. The van der Waals surface area contributed by atoms with Crippen LogP contribution in [-0.4, -0.2) is 32.9 Å². The van der Waals surface area contributed by atoms with Gasteiger partial charge in [-0.3, -0.25) is 9.59 Å². The minimum Gasteiger partial charge on any atom is -0.345 e. The van der Waals surface area contributed by atoms with Gasteiger partial charge in [-0.25, -0.2) is 14.4 Å². The van der Waals surface area contributed by atoms with E-state index in [9.17, 15) is 14.0 Å². The minimum absolute atomic E-state index is 0.169. The summed E-state index contributed by atoms with van der Waals surface area (Å²) >= 11 is 0. The number of aryl methyl sites for hydroxylation is 1. The van der Waals surface area contributed by atoms with Crippen molar-refractivity contribution in [2.24, 2.45) is 11.8 Å². The number of aromatic nitrogens is 2. The molecule has 0 aliphatic heterocycles. The summed E-state index contributed by atoms with van der Waals surface area (Å²) in [6.07, 6.45) is 6.76. The van der Waals surface area contributed by atoms with Crippen LogP contribution in [0.5, 0.6) is 0 Å². The van der Waals surface area contributed by atoms with E-state index in [4.69, 9.17) is 0 Å². The van der Waals surface area contributed by atoms with Crippen LogP contribution >= 0.6 is 0 Å². The van der Waals surface area contributed by atoms with Crippen LogP contribution in [0.4, 0.5) is 4.39 Å². The van der Waals surface area contributed by atoms with Crippen LogP contribution in [0, 0.1) is 24.6 Å². The van der Waals surface area contributed by atoms with Crippen LogP contribution in [0.1, 0.15) is 65.2 Å². The first-order chi connectivity index (χ1) is 14.4. The minimum atomic E-state index is -0.617. The fourth-order valence-electron chi connectivity index (χ4n) is 6.38. The number of nitrogens with zero attached hydrogens (tertiary/aromatic N) is 2. The maximum absolute atomic E-state index is 14.1. The van der Waals surface area contributed by atoms with Crippen molar-refractivity contribution in [2.75, 3.05) is 0 Å². The van der Waals surface area contributed by atoms with E-state index in [1.807, 2.05) is 19.1 Å². The Morgan fingerprint density at radius 1 is 1.00 bits per heavy atom.